The van der Waals surface area contributed by atoms with Crippen molar-refractivity contribution in [3.8, 4) is 0 Å². The zero-order chi connectivity index (χ0) is 14.4. The SMILES string of the molecule is C=CCNc1ccc(NC(=O)c2cccc(F)c2)nn1. The van der Waals surface area contributed by atoms with Gasteiger partial charge in [-0.3, -0.25) is 4.79 Å². The first-order valence-electron chi connectivity index (χ1n) is 5.94. The third-order valence-electron chi connectivity index (χ3n) is 2.42. The lowest BCUT2D eigenvalue weighted by atomic mass is 10.2. The van der Waals surface area contributed by atoms with Crippen LogP contribution in [0.5, 0.6) is 0 Å². The van der Waals surface area contributed by atoms with E-state index < -0.39 is 11.7 Å². The van der Waals surface area contributed by atoms with Gasteiger partial charge in [0.15, 0.2) is 5.82 Å². The lowest BCUT2D eigenvalue weighted by Crippen LogP contribution is -2.14. The fourth-order valence-electron chi connectivity index (χ4n) is 1.49. The van der Waals surface area contributed by atoms with E-state index in [0.717, 1.165) is 6.07 Å². The number of anilines is 2. The first-order valence-corrected chi connectivity index (χ1v) is 5.94. The highest BCUT2D eigenvalue weighted by molar-refractivity contribution is 6.03. The number of carbonyl (C=O) groups is 1. The van der Waals surface area contributed by atoms with Crippen LogP contribution >= 0.6 is 0 Å². The third kappa shape index (κ3) is 3.61. The van der Waals surface area contributed by atoms with Crippen LogP contribution in [0.4, 0.5) is 16.0 Å². The molecule has 1 aromatic carbocycles. The summed E-state index contributed by atoms with van der Waals surface area (Å²) < 4.78 is 13.0. The summed E-state index contributed by atoms with van der Waals surface area (Å²) >= 11 is 0. The topological polar surface area (TPSA) is 66.9 Å². The summed E-state index contributed by atoms with van der Waals surface area (Å²) in [5.41, 5.74) is 0.223. The second-order valence-corrected chi connectivity index (χ2v) is 3.94. The molecule has 0 aliphatic carbocycles. The number of nitrogens with zero attached hydrogens (tertiary/aromatic N) is 2. The van der Waals surface area contributed by atoms with Gasteiger partial charge in [0, 0.05) is 12.1 Å². The molecule has 0 atom stereocenters. The molecule has 0 aliphatic rings. The van der Waals surface area contributed by atoms with Gasteiger partial charge in [0.25, 0.3) is 5.91 Å². The van der Waals surface area contributed by atoms with Crippen molar-refractivity contribution < 1.29 is 9.18 Å². The van der Waals surface area contributed by atoms with E-state index in [0.29, 0.717) is 18.2 Å². The molecule has 0 aliphatic heterocycles. The van der Waals surface area contributed by atoms with Crippen LogP contribution in [0.25, 0.3) is 0 Å². The minimum Gasteiger partial charge on any atom is -0.365 e. The average Bonchev–Trinajstić information content (AvgIpc) is 2.46. The monoisotopic (exact) mass is 272 g/mol. The fourth-order valence-corrected chi connectivity index (χ4v) is 1.49. The van der Waals surface area contributed by atoms with Gasteiger partial charge in [0.2, 0.25) is 0 Å². The molecule has 2 rings (SSSR count). The molecule has 2 N–H and O–H groups in total. The van der Waals surface area contributed by atoms with E-state index in [4.69, 9.17) is 0 Å². The Hall–Kier alpha value is -2.76. The fraction of sp³-hybridized carbons (Fsp3) is 0.0714. The van der Waals surface area contributed by atoms with Gasteiger partial charge < -0.3 is 10.6 Å². The Morgan fingerprint density at radius 3 is 2.65 bits per heavy atom. The molecular formula is C14H13FN4O. The Labute approximate surface area is 115 Å². The maximum atomic E-state index is 13.0. The van der Waals surface area contributed by atoms with Gasteiger partial charge in [0.05, 0.1) is 0 Å². The third-order valence-corrected chi connectivity index (χ3v) is 2.42. The number of benzene rings is 1. The molecule has 1 amide bonds. The summed E-state index contributed by atoms with van der Waals surface area (Å²) in [6.07, 6.45) is 1.70. The molecule has 0 fully saturated rings. The van der Waals surface area contributed by atoms with Crippen LogP contribution in [0, 0.1) is 5.82 Å². The number of hydrogen-bond acceptors (Lipinski definition) is 4. The second kappa shape index (κ2) is 6.42. The van der Waals surface area contributed by atoms with Crippen molar-refractivity contribution in [3.05, 3.63) is 60.4 Å². The smallest absolute Gasteiger partial charge is 0.256 e. The van der Waals surface area contributed by atoms with Crippen LogP contribution in [-0.4, -0.2) is 22.6 Å². The number of halogens is 1. The molecule has 0 saturated heterocycles. The molecular weight excluding hydrogens is 259 g/mol. The van der Waals surface area contributed by atoms with Crippen LogP contribution in [0.2, 0.25) is 0 Å². The highest BCUT2D eigenvalue weighted by Gasteiger charge is 2.07. The quantitative estimate of drug-likeness (QED) is 0.820. The predicted octanol–water partition coefficient (Wildman–Crippen LogP) is 2.47. The Morgan fingerprint density at radius 2 is 2.00 bits per heavy atom. The van der Waals surface area contributed by atoms with E-state index in [1.807, 2.05) is 0 Å². The molecule has 0 bridgehead atoms. The predicted molar refractivity (Wildman–Crippen MR) is 75.1 cm³/mol. The molecule has 20 heavy (non-hydrogen) atoms. The van der Waals surface area contributed by atoms with E-state index >= 15 is 0 Å². The summed E-state index contributed by atoms with van der Waals surface area (Å²) in [6.45, 7) is 4.15. The van der Waals surface area contributed by atoms with Gasteiger partial charge in [-0.15, -0.1) is 16.8 Å². The Kier molecular flexibility index (Phi) is 4.39. The Balaban J connectivity index is 2.02. The summed E-state index contributed by atoms with van der Waals surface area (Å²) in [7, 11) is 0. The van der Waals surface area contributed by atoms with Crippen LogP contribution in [-0.2, 0) is 0 Å². The summed E-state index contributed by atoms with van der Waals surface area (Å²) in [5.74, 6) is -0.0321. The van der Waals surface area contributed by atoms with Crippen molar-refractivity contribution in [2.75, 3.05) is 17.2 Å². The number of nitrogens with one attached hydrogen (secondary N) is 2. The number of aromatic nitrogens is 2. The first kappa shape index (κ1) is 13.7. The van der Waals surface area contributed by atoms with Crippen LogP contribution < -0.4 is 10.6 Å². The lowest BCUT2D eigenvalue weighted by molar-refractivity contribution is 0.102. The van der Waals surface area contributed by atoms with Gasteiger partial charge in [0.1, 0.15) is 11.6 Å². The Bertz CT molecular complexity index is 613. The minimum absolute atomic E-state index is 0.223. The Morgan fingerprint density at radius 1 is 1.25 bits per heavy atom. The number of amides is 1. The van der Waals surface area contributed by atoms with Crippen LogP contribution in [0.1, 0.15) is 10.4 Å². The molecule has 1 heterocycles. The van der Waals surface area contributed by atoms with E-state index in [1.54, 1.807) is 18.2 Å². The van der Waals surface area contributed by atoms with Crippen molar-refractivity contribution in [2.45, 2.75) is 0 Å². The highest BCUT2D eigenvalue weighted by Crippen LogP contribution is 2.09. The number of rotatable bonds is 5. The van der Waals surface area contributed by atoms with Gasteiger partial charge in [-0.1, -0.05) is 12.1 Å². The molecule has 0 unspecified atom stereocenters. The van der Waals surface area contributed by atoms with Gasteiger partial charge >= 0.3 is 0 Å². The molecule has 102 valence electrons. The summed E-state index contributed by atoms with van der Waals surface area (Å²) in [4.78, 5) is 11.8. The molecule has 0 spiro atoms. The van der Waals surface area contributed by atoms with Crippen LogP contribution in [0.3, 0.4) is 0 Å². The van der Waals surface area contributed by atoms with Crippen molar-refractivity contribution in [2.24, 2.45) is 0 Å². The maximum Gasteiger partial charge on any atom is 0.256 e. The molecule has 0 radical (unpaired) electrons. The van der Waals surface area contributed by atoms with E-state index in [2.05, 4.69) is 27.4 Å². The zero-order valence-electron chi connectivity index (χ0n) is 10.6. The number of hydrogen-bond donors (Lipinski definition) is 2. The normalized spacial score (nSPS) is 9.85. The second-order valence-electron chi connectivity index (χ2n) is 3.94. The van der Waals surface area contributed by atoms with Crippen molar-refractivity contribution in [1.29, 1.82) is 0 Å². The summed E-state index contributed by atoms with van der Waals surface area (Å²) in [6, 6.07) is 8.71. The van der Waals surface area contributed by atoms with Gasteiger partial charge in [-0.25, -0.2) is 4.39 Å². The van der Waals surface area contributed by atoms with Crippen LogP contribution in [0.15, 0.2) is 49.1 Å². The minimum atomic E-state index is -0.465. The largest absolute Gasteiger partial charge is 0.365 e. The van der Waals surface area contributed by atoms with E-state index in [-0.39, 0.29) is 5.56 Å². The average molecular weight is 272 g/mol. The highest BCUT2D eigenvalue weighted by atomic mass is 19.1. The van der Waals surface area contributed by atoms with Crippen molar-refractivity contribution in [3.63, 3.8) is 0 Å². The summed E-state index contributed by atoms with van der Waals surface area (Å²) in [5, 5.41) is 13.2. The molecule has 6 heteroatoms. The van der Waals surface area contributed by atoms with E-state index in [1.165, 1.54) is 18.2 Å². The molecule has 5 nitrogen and oxygen atoms in total. The lowest BCUT2D eigenvalue weighted by Gasteiger charge is -2.05. The molecule has 0 saturated carbocycles. The van der Waals surface area contributed by atoms with Gasteiger partial charge in [-0.2, -0.15) is 0 Å². The van der Waals surface area contributed by atoms with Crippen molar-refractivity contribution >= 4 is 17.5 Å². The van der Waals surface area contributed by atoms with Gasteiger partial charge in [-0.05, 0) is 30.3 Å². The maximum absolute atomic E-state index is 13.0. The van der Waals surface area contributed by atoms with Crippen molar-refractivity contribution in [1.82, 2.24) is 10.2 Å². The standard InChI is InChI=1S/C14H13FN4O/c1-2-8-16-12-6-7-13(19-18-12)17-14(20)10-4-3-5-11(15)9-10/h2-7,9H,1,8H2,(H,16,18)(H,17,19,20). The molecule has 2 aromatic rings. The molecule has 1 aromatic heterocycles. The first-order chi connectivity index (χ1) is 9.69. The zero-order valence-corrected chi connectivity index (χ0v) is 10.6. The van der Waals surface area contributed by atoms with E-state index in [9.17, 15) is 9.18 Å². The number of carbonyl (C=O) groups excluding carboxylic acids is 1.